The van der Waals surface area contributed by atoms with E-state index >= 15 is 0 Å². The minimum Gasteiger partial charge on any atom is -0.355 e. The molecule has 142 valence electrons. The van der Waals surface area contributed by atoms with Gasteiger partial charge >= 0.3 is 0 Å². The van der Waals surface area contributed by atoms with Gasteiger partial charge in [0.1, 0.15) is 0 Å². The molecule has 1 aliphatic heterocycles. The molecule has 0 bridgehead atoms. The highest BCUT2D eigenvalue weighted by Crippen LogP contribution is 2.35. The lowest BCUT2D eigenvalue weighted by molar-refractivity contribution is -0.122. The van der Waals surface area contributed by atoms with Crippen molar-refractivity contribution in [2.45, 2.75) is 57.7 Å². The predicted octanol–water partition coefficient (Wildman–Crippen LogP) is 2.73. The highest BCUT2D eigenvalue weighted by Gasteiger charge is 2.37. The maximum atomic E-state index is 12.5. The molecule has 0 radical (unpaired) electrons. The first-order chi connectivity index (χ1) is 12.5. The topological polar surface area (TPSA) is 61.4 Å². The summed E-state index contributed by atoms with van der Waals surface area (Å²) in [4.78, 5) is 26.2. The van der Waals surface area contributed by atoms with Gasteiger partial charge in [0.2, 0.25) is 11.8 Å². The lowest BCUT2D eigenvalue weighted by atomic mass is 10.1. The normalized spacial score (nSPS) is 23.0. The van der Waals surface area contributed by atoms with Crippen LogP contribution in [-0.2, 0) is 16.1 Å². The van der Waals surface area contributed by atoms with Gasteiger partial charge < -0.3 is 10.6 Å². The Morgan fingerprint density at radius 3 is 2.54 bits per heavy atom. The molecule has 1 saturated heterocycles. The maximum absolute atomic E-state index is 12.5. The third-order valence-electron chi connectivity index (χ3n) is 5.38. The second-order valence-corrected chi connectivity index (χ2v) is 7.94. The molecule has 1 saturated carbocycles. The van der Waals surface area contributed by atoms with Crippen LogP contribution in [0.4, 0.5) is 0 Å². The van der Waals surface area contributed by atoms with E-state index in [1.165, 1.54) is 12.8 Å². The first-order valence-electron chi connectivity index (χ1n) is 9.53. The van der Waals surface area contributed by atoms with Crippen LogP contribution in [0.15, 0.2) is 24.3 Å². The SMILES string of the molecule is CC(=O)NC[C@H]1CC[C@@H](CC(=O)NCc2ccccc2Cl)N1CC1CC1. The molecule has 2 amide bonds. The van der Waals surface area contributed by atoms with Gasteiger partial charge in [-0.25, -0.2) is 0 Å². The quantitative estimate of drug-likeness (QED) is 0.732. The van der Waals surface area contributed by atoms with E-state index in [0.717, 1.165) is 30.9 Å². The van der Waals surface area contributed by atoms with Crippen LogP contribution in [0.2, 0.25) is 5.02 Å². The first kappa shape index (κ1) is 19.2. The highest BCUT2D eigenvalue weighted by atomic mass is 35.5. The summed E-state index contributed by atoms with van der Waals surface area (Å²) in [6.45, 7) is 3.75. The van der Waals surface area contributed by atoms with E-state index in [0.29, 0.717) is 30.6 Å². The van der Waals surface area contributed by atoms with Crippen molar-refractivity contribution in [1.82, 2.24) is 15.5 Å². The van der Waals surface area contributed by atoms with Gasteiger partial charge in [-0.15, -0.1) is 0 Å². The third-order valence-corrected chi connectivity index (χ3v) is 5.75. The van der Waals surface area contributed by atoms with Gasteiger partial charge in [-0.1, -0.05) is 29.8 Å². The van der Waals surface area contributed by atoms with Crippen LogP contribution in [0.1, 0.15) is 44.6 Å². The fourth-order valence-corrected chi connectivity index (χ4v) is 3.94. The lowest BCUT2D eigenvalue weighted by Crippen LogP contribution is -2.45. The monoisotopic (exact) mass is 377 g/mol. The van der Waals surface area contributed by atoms with Gasteiger partial charge in [0.25, 0.3) is 0 Å². The van der Waals surface area contributed by atoms with E-state index < -0.39 is 0 Å². The van der Waals surface area contributed by atoms with Crippen molar-refractivity contribution in [3.8, 4) is 0 Å². The van der Waals surface area contributed by atoms with Gasteiger partial charge in [0.15, 0.2) is 0 Å². The zero-order chi connectivity index (χ0) is 18.5. The van der Waals surface area contributed by atoms with Crippen LogP contribution in [0.5, 0.6) is 0 Å². The van der Waals surface area contributed by atoms with Crippen molar-refractivity contribution in [3.05, 3.63) is 34.9 Å². The van der Waals surface area contributed by atoms with E-state index in [1.54, 1.807) is 6.92 Å². The van der Waals surface area contributed by atoms with Crippen LogP contribution in [-0.4, -0.2) is 41.9 Å². The third kappa shape index (κ3) is 5.45. The molecule has 2 aliphatic rings. The number of halogens is 1. The van der Waals surface area contributed by atoms with Crippen LogP contribution >= 0.6 is 11.6 Å². The molecule has 5 nitrogen and oxygen atoms in total. The van der Waals surface area contributed by atoms with Gasteiger partial charge in [-0.3, -0.25) is 14.5 Å². The summed E-state index contributed by atoms with van der Waals surface area (Å²) in [5, 5.41) is 6.62. The summed E-state index contributed by atoms with van der Waals surface area (Å²) in [6, 6.07) is 8.19. The lowest BCUT2D eigenvalue weighted by Gasteiger charge is -2.30. The molecule has 0 unspecified atom stereocenters. The number of likely N-dealkylation sites (tertiary alicyclic amines) is 1. The Bertz CT molecular complexity index is 648. The van der Waals surface area contributed by atoms with Crippen LogP contribution in [0.25, 0.3) is 0 Å². The molecule has 1 aliphatic carbocycles. The molecule has 1 aromatic rings. The first-order valence-corrected chi connectivity index (χ1v) is 9.91. The fourth-order valence-electron chi connectivity index (χ4n) is 3.73. The zero-order valence-electron chi connectivity index (χ0n) is 15.3. The van der Waals surface area contributed by atoms with Crippen LogP contribution in [0.3, 0.4) is 0 Å². The molecule has 0 spiro atoms. The van der Waals surface area contributed by atoms with E-state index in [1.807, 2.05) is 24.3 Å². The van der Waals surface area contributed by atoms with Crippen molar-refractivity contribution in [3.63, 3.8) is 0 Å². The van der Waals surface area contributed by atoms with Crippen LogP contribution in [0, 0.1) is 5.92 Å². The summed E-state index contributed by atoms with van der Waals surface area (Å²) < 4.78 is 0. The van der Waals surface area contributed by atoms with Gasteiger partial charge in [0.05, 0.1) is 0 Å². The molecule has 2 N–H and O–H groups in total. The Hall–Kier alpha value is -1.59. The van der Waals surface area contributed by atoms with E-state index in [2.05, 4.69) is 15.5 Å². The average Bonchev–Trinajstić information content (AvgIpc) is 3.35. The number of carbonyl (C=O) groups is 2. The number of nitrogens with zero attached hydrogens (tertiary/aromatic N) is 1. The van der Waals surface area contributed by atoms with E-state index in [-0.39, 0.29) is 17.9 Å². The van der Waals surface area contributed by atoms with Crippen molar-refractivity contribution >= 4 is 23.4 Å². The largest absolute Gasteiger partial charge is 0.355 e. The average molecular weight is 378 g/mol. The zero-order valence-corrected chi connectivity index (χ0v) is 16.1. The number of nitrogens with one attached hydrogen (secondary N) is 2. The Morgan fingerprint density at radius 2 is 1.85 bits per heavy atom. The Kier molecular flexibility index (Phi) is 6.54. The summed E-state index contributed by atoms with van der Waals surface area (Å²) in [7, 11) is 0. The number of hydrogen-bond acceptors (Lipinski definition) is 3. The van der Waals surface area contributed by atoms with Crippen molar-refractivity contribution in [2.75, 3.05) is 13.1 Å². The van der Waals surface area contributed by atoms with Gasteiger partial charge in [-0.05, 0) is 43.2 Å². The highest BCUT2D eigenvalue weighted by molar-refractivity contribution is 6.31. The molecule has 1 heterocycles. The fraction of sp³-hybridized carbons (Fsp3) is 0.600. The summed E-state index contributed by atoms with van der Waals surface area (Å²) in [6.07, 6.45) is 5.13. The summed E-state index contributed by atoms with van der Waals surface area (Å²) in [5.74, 6) is 0.842. The van der Waals surface area contributed by atoms with Gasteiger partial charge in [-0.2, -0.15) is 0 Å². The summed E-state index contributed by atoms with van der Waals surface area (Å²) in [5.41, 5.74) is 0.937. The van der Waals surface area contributed by atoms with Gasteiger partial charge in [0, 0.05) is 50.1 Å². The number of benzene rings is 1. The van der Waals surface area contributed by atoms with Crippen molar-refractivity contribution in [2.24, 2.45) is 5.92 Å². The molecule has 26 heavy (non-hydrogen) atoms. The van der Waals surface area contributed by atoms with Crippen molar-refractivity contribution < 1.29 is 9.59 Å². The Labute approximate surface area is 160 Å². The molecule has 3 rings (SSSR count). The minimum atomic E-state index is 0.0114. The molecule has 1 aromatic carbocycles. The predicted molar refractivity (Wildman–Crippen MR) is 103 cm³/mol. The molecule has 2 fully saturated rings. The number of amides is 2. The number of carbonyl (C=O) groups excluding carboxylic acids is 2. The summed E-state index contributed by atoms with van der Waals surface area (Å²) >= 11 is 6.15. The maximum Gasteiger partial charge on any atom is 0.221 e. The smallest absolute Gasteiger partial charge is 0.221 e. The second-order valence-electron chi connectivity index (χ2n) is 7.53. The second kappa shape index (κ2) is 8.87. The molecular weight excluding hydrogens is 350 g/mol. The minimum absolute atomic E-state index is 0.0114. The molecule has 2 atom stereocenters. The Morgan fingerprint density at radius 1 is 1.12 bits per heavy atom. The standard InChI is InChI=1S/C20H28ClN3O2/c1-14(25)22-12-18-9-8-17(24(18)13-15-6-7-15)10-20(26)23-11-16-4-2-3-5-19(16)21/h2-5,15,17-18H,6-13H2,1H3,(H,22,25)(H,23,26)/t17-,18+/m0/s1. The molecular formula is C20H28ClN3O2. The Balaban J connectivity index is 1.52. The van der Waals surface area contributed by atoms with E-state index in [4.69, 9.17) is 11.6 Å². The van der Waals surface area contributed by atoms with E-state index in [9.17, 15) is 9.59 Å². The van der Waals surface area contributed by atoms with Crippen molar-refractivity contribution in [1.29, 1.82) is 0 Å². The van der Waals surface area contributed by atoms with Crippen LogP contribution < -0.4 is 10.6 Å². The number of rotatable bonds is 8. The number of hydrogen-bond donors (Lipinski definition) is 2. The molecule has 0 aromatic heterocycles. The molecule has 6 heteroatoms.